The van der Waals surface area contributed by atoms with Crippen LogP contribution in [0, 0.1) is 0 Å². The lowest BCUT2D eigenvalue weighted by Gasteiger charge is -2.11. The number of carbonyl (C=O) groups is 1. The van der Waals surface area contributed by atoms with E-state index < -0.39 is 5.97 Å². The molecule has 3 aromatic carbocycles. The monoisotopic (exact) mass is 369 g/mol. The summed E-state index contributed by atoms with van der Waals surface area (Å²) in [5.41, 5.74) is 4.39. The van der Waals surface area contributed by atoms with Gasteiger partial charge in [-0.05, 0) is 52.6 Å². The smallest absolute Gasteiger partial charge is 0.335 e. The number of carboxylic acid groups (broad SMARTS) is 1. The Kier molecular flexibility index (Phi) is 3.59. The minimum Gasteiger partial charge on any atom is -0.478 e. The van der Waals surface area contributed by atoms with Crippen LogP contribution in [0.1, 0.15) is 10.4 Å². The minimum atomic E-state index is -0.921. The summed E-state index contributed by atoms with van der Waals surface area (Å²) in [6.45, 7) is 0. The van der Waals surface area contributed by atoms with Gasteiger partial charge in [0.1, 0.15) is 0 Å². The van der Waals surface area contributed by atoms with Crippen LogP contribution in [-0.4, -0.2) is 15.6 Å². The average molecular weight is 369 g/mol. The van der Waals surface area contributed by atoms with Gasteiger partial charge < -0.3 is 9.67 Å². The second-order valence-electron chi connectivity index (χ2n) is 6.45. The second kappa shape index (κ2) is 6.11. The summed E-state index contributed by atoms with van der Waals surface area (Å²) in [6.07, 6.45) is 0. The molecule has 0 atom stereocenters. The van der Waals surface area contributed by atoms with Crippen molar-refractivity contribution in [1.29, 1.82) is 0 Å². The van der Waals surface area contributed by atoms with Gasteiger partial charge in [0.2, 0.25) is 0 Å². The predicted molar refractivity (Wildman–Crippen MR) is 111 cm³/mol. The Morgan fingerprint density at radius 3 is 2.59 bits per heavy atom. The summed E-state index contributed by atoms with van der Waals surface area (Å²) in [7, 11) is 0. The van der Waals surface area contributed by atoms with E-state index in [4.69, 9.17) is 0 Å². The van der Waals surface area contributed by atoms with Crippen LogP contribution in [-0.2, 0) is 0 Å². The lowest BCUT2D eigenvalue weighted by atomic mass is 10.1. The van der Waals surface area contributed by atoms with Gasteiger partial charge in [-0.2, -0.15) is 11.3 Å². The molecule has 0 unspecified atom stereocenters. The number of rotatable bonds is 3. The van der Waals surface area contributed by atoms with Crippen molar-refractivity contribution in [3.05, 3.63) is 89.1 Å². The molecule has 0 bridgehead atoms. The molecule has 5 aromatic rings. The number of hydrogen-bond donors (Lipinski definition) is 1. The largest absolute Gasteiger partial charge is 0.478 e. The van der Waals surface area contributed by atoms with E-state index in [1.165, 1.54) is 10.8 Å². The first-order valence-corrected chi connectivity index (χ1v) is 9.56. The Balaban J connectivity index is 1.89. The third-order valence-corrected chi connectivity index (χ3v) is 5.56. The van der Waals surface area contributed by atoms with Crippen LogP contribution in [0.3, 0.4) is 0 Å². The minimum absolute atomic E-state index is 0.284. The molecule has 0 saturated carbocycles. The second-order valence-corrected chi connectivity index (χ2v) is 7.23. The number of hydrogen-bond acceptors (Lipinski definition) is 2. The van der Waals surface area contributed by atoms with E-state index >= 15 is 0 Å². The fraction of sp³-hybridized carbons (Fsp3) is 0. The molecule has 0 radical (unpaired) electrons. The molecule has 0 aliphatic carbocycles. The van der Waals surface area contributed by atoms with Crippen molar-refractivity contribution < 1.29 is 9.90 Å². The molecule has 1 N–H and O–H groups in total. The Hall–Kier alpha value is -3.37. The molecule has 0 aliphatic heterocycles. The van der Waals surface area contributed by atoms with Crippen LogP contribution in [0.2, 0.25) is 0 Å². The van der Waals surface area contributed by atoms with E-state index in [1.807, 2.05) is 12.1 Å². The zero-order chi connectivity index (χ0) is 18.4. The first-order valence-electron chi connectivity index (χ1n) is 8.62. The van der Waals surface area contributed by atoms with E-state index in [9.17, 15) is 9.90 Å². The first kappa shape index (κ1) is 15.9. The van der Waals surface area contributed by atoms with Crippen LogP contribution in [0.15, 0.2) is 83.6 Å². The van der Waals surface area contributed by atoms with Gasteiger partial charge in [-0.15, -0.1) is 0 Å². The molecule has 27 heavy (non-hydrogen) atoms. The van der Waals surface area contributed by atoms with E-state index in [0.717, 1.165) is 27.8 Å². The standard InChI is InChI=1S/C23H15NO2S/c25-23(26)16-5-3-6-18(12-16)24-21-9-8-15-4-1-2-7-19(15)20(21)13-22(24)17-10-11-27-14-17/h1-14H,(H,25,26). The van der Waals surface area contributed by atoms with Gasteiger partial charge in [0, 0.05) is 22.0 Å². The SMILES string of the molecule is O=C(O)c1cccc(-n2c(-c3ccsc3)cc3c4ccccc4ccc32)c1. The molecule has 4 heteroatoms. The number of aromatic nitrogens is 1. The van der Waals surface area contributed by atoms with Crippen LogP contribution < -0.4 is 0 Å². The quantitative estimate of drug-likeness (QED) is 0.411. The fourth-order valence-electron chi connectivity index (χ4n) is 3.64. The average Bonchev–Trinajstić information content (AvgIpc) is 3.35. The van der Waals surface area contributed by atoms with Gasteiger partial charge in [-0.1, -0.05) is 36.4 Å². The zero-order valence-electron chi connectivity index (χ0n) is 14.3. The Morgan fingerprint density at radius 1 is 0.889 bits per heavy atom. The van der Waals surface area contributed by atoms with E-state index in [2.05, 4.69) is 57.8 Å². The van der Waals surface area contributed by atoms with Crippen LogP contribution >= 0.6 is 11.3 Å². The molecule has 130 valence electrons. The molecular formula is C23H15NO2S. The molecule has 0 spiro atoms. The lowest BCUT2D eigenvalue weighted by molar-refractivity contribution is 0.0697. The van der Waals surface area contributed by atoms with Crippen LogP contribution in [0.5, 0.6) is 0 Å². The summed E-state index contributed by atoms with van der Waals surface area (Å²) in [5.74, 6) is -0.921. The van der Waals surface area contributed by atoms with Crippen LogP contribution in [0.4, 0.5) is 0 Å². The Bertz CT molecular complexity index is 1300. The van der Waals surface area contributed by atoms with Crippen molar-refractivity contribution in [3.8, 4) is 16.9 Å². The lowest BCUT2D eigenvalue weighted by Crippen LogP contribution is -2.01. The maximum atomic E-state index is 11.5. The molecule has 0 fully saturated rings. The van der Waals surface area contributed by atoms with Crippen molar-refractivity contribution in [1.82, 2.24) is 4.57 Å². The summed E-state index contributed by atoms with van der Waals surface area (Å²) >= 11 is 1.65. The number of benzene rings is 3. The molecule has 0 aliphatic rings. The highest BCUT2D eigenvalue weighted by molar-refractivity contribution is 7.08. The van der Waals surface area contributed by atoms with Crippen molar-refractivity contribution in [2.75, 3.05) is 0 Å². The van der Waals surface area contributed by atoms with Gasteiger partial charge in [-0.25, -0.2) is 4.79 Å². The highest BCUT2D eigenvalue weighted by Gasteiger charge is 2.15. The number of fused-ring (bicyclic) bond motifs is 3. The molecule has 2 aromatic heterocycles. The number of aromatic carboxylic acids is 1. The summed E-state index contributed by atoms with van der Waals surface area (Å²) in [4.78, 5) is 11.5. The van der Waals surface area contributed by atoms with Gasteiger partial charge in [0.05, 0.1) is 16.8 Å². The van der Waals surface area contributed by atoms with Crippen molar-refractivity contribution >= 4 is 39.0 Å². The van der Waals surface area contributed by atoms with Gasteiger partial charge >= 0.3 is 5.97 Å². The highest BCUT2D eigenvalue weighted by atomic mass is 32.1. The van der Waals surface area contributed by atoms with Crippen LogP contribution in [0.25, 0.3) is 38.6 Å². The molecule has 0 saturated heterocycles. The molecular weight excluding hydrogens is 354 g/mol. The summed E-state index contributed by atoms with van der Waals surface area (Å²) in [5, 5.41) is 17.1. The summed E-state index contributed by atoms with van der Waals surface area (Å²) in [6, 6.07) is 24.0. The molecule has 2 heterocycles. The van der Waals surface area contributed by atoms with Crippen molar-refractivity contribution in [2.24, 2.45) is 0 Å². The topological polar surface area (TPSA) is 42.2 Å². The number of nitrogens with zero attached hydrogens (tertiary/aromatic N) is 1. The predicted octanol–water partition coefficient (Wildman–Crippen LogP) is 6.21. The first-order chi connectivity index (χ1) is 13.2. The van der Waals surface area contributed by atoms with Gasteiger partial charge in [-0.3, -0.25) is 0 Å². The third kappa shape index (κ3) is 2.54. The molecule has 0 amide bonds. The third-order valence-electron chi connectivity index (χ3n) is 4.88. The summed E-state index contributed by atoms with van der Waals surface area (Å²) < 4.78 is 2.15. The van der Waals surface area contributed by atoms with Crippen molar-refractivity contribution in [3.63, 3.8) is 0 Å². The Morgan fingerprint density at radius 2 is 1.78 bits per heavy atom. The van der Waals surface area contributed by atoms with Crippen molar-refractivity contribution in [2.45, 2.75) is 0 Å². The van der Waals surface area contributed by atoms with Gasteiger partial charge in [0.25, 0.3) is 0 Å². The Labute approximate surface area is 159 Å². The molecule has 3 nitrogen and oxygen atoms in total. The van der Waals surface area contributed by atoms with Gasteiger partial charge in [0.15, 0.2) is 0 Å². The highest BCUT2D eigenvalue weighted by Crippen LogP contribution is 2.36. The number of carboxylic acids is 1. The number of thiophene rings is 1. The fourth-order valence-corrected chi connectivity index (χ4v) is 4.29. The van der Waals surface area contributed by atoms with E-state index in [-0.39, 0.29) is 5.56 Å². The maximum absolute atomic E-state index is 11.5. The van der Waals surface area contributed by atoms with E-state index in [0.29, 0.717) is 0 Å². The van der Waals surface area contributed by atoms with E-state index in [1.54, 1.807) is 29.5 Å². The zero-order valence-corrected chi connectivity index (χ0v) is 15.1. The normalized spacial score (nSPS) is 11.3. The molecule has 5 rings (SSSR count). The maximum Gasteiger partial charge on any atom is 0.335 e.